The van der Waals surface area contributed by atoms with E-state index in [0.29, 0.717) is 45.7 Å². The quantitative estimate of drug-likeness (QED) is 0.0561. The minimum absolute atomic E-state index is 0.150. The van der Waals surface area contributed by atoms with Crippen LogP contribution in [-0.4, -0.2) is 87.0 Å². The molecule has 1 aromatic carbocycles. The van der Waals surface area contributed by atoms with Crippen molar-refractivity contribution in [3.63, 3.8) is 0 Å². The second kappa shape index (κ2) is 29.4. The maximum atomic E-state index is 12.6. The maximum absolute atomic E-state index is 12.6. The molecule has 1 saturated heterocycles. The van der Waals surface area contributed by atoms with Gasteiger partial charge in [-0.2, -0.15) is 0 Å². The number of benzene rings is 1. The van der Waals surface area contributed by atoms with Gasteiger partial charge in [-0.3, -0.25) is 24.3 Å². The number of carbonyl (C=O) groups excluding carboxylic acids is 2. The zero-order chi connectivity index (χ0) is 36.1. The number of hydrogen-bond acceptors (Lipinski definition) is 8. The number of carbonyl (C=O) groups is 2. The molecule has 0 unspecified atom stereocenters. The molecule has 0 aliphatic carbocycles. The van der Waals surface area contributed by atoms with Crippen LogP contribution in [0.3, 0.4) is 0 Å². The van der Waals surface area contributed by atoms with Crippen LogP contribution >= 0.6 is 0 Å². The van der Waals surface area contributed by atoms with Crippen molar-refractivity contribution in [1.29, 1.82) is 0 Å². The topological polar surface area (TPSA) is 65.6 Å². The van der Waals surface area contributed by atoms with E-state index in [0.717, 1.165) is 45.7 Å². The van der Waals surface area contributed by atoms with Gasteiger partial charge in [0.25, 0.3) is 0 Å². The molecule has 0 spiro atoms. The van der Waals surface area contributed by atoms with E-state index < -0.39 is 0 Å². The van der Waals surface area contributed by atoms with Crippen LogP contribution in [-0.2, 0) is 25.6 Å². The maximum Gasteiger partial charge on any atom is 0.307 e. The van der Waals surface area contributed by atoms with Crippen LogP contribution in [0.4, 0.5) is 5.69 Å². The van der Waals surface area contributed by atoms with Gasteiger partial charge in [0.1, 0.15) is 0 Å². The largest absolute Gasteiger partial charge is 0.466 e. The lowest BCUT2D eigenvalue weighted by molar-refractivity contribution is -0.144. The predicted octanol–water partition coefficient (Wildman–Crippen LogP) is 9.75. The van der Waals surface area contributed by atoms with Crippen molar-refractivity contribution in [2.24, 2.45) is 0 Å². The highest BCUT2D eigenvalue weighted by atomic mass is 16.5. The smallest absolute Gasteiger partial charge is 0.307 e. The standard InChI is InChI=1S/C42H76N4O4/c1-5-7-9-11-13-15-17-19-21-23-33-49-41(47)29-31-45(32-30-42(48)50-34-24-22-20-18-16-14-12-10-8-6-2)35-39-25-27-40(28-26-39)46-37-43(3)36-44(4)38-46/h25-28H,5-24,29-38H2,1-4H3. The lowest BCUT2D eigenvalue weighted by Gasteiger charge is -2.40. The second-order valence-electron chi connectivity index (χ2n) is 14.9. The molecule has 1 aliphatic heterocycles. The molecular formula is C42H76N4O4. The highest BCUT2D eigenvalue weighted by Gasteiger charge is 2.19. The summed E-state index contributed by atoms with van der Waals surface area (Å²) in [6.07, 6.45) is 25.9. The van der Waals surface area contributed by atoms with E-state index in [4.69, 9.17) is 9.47 Å². The summed E-state index contributed by atoms with van der Waals surface area (Å²) in [6.45, 7) is 10.1. The van der Waals surface area contributed by atoms with Crippen molar-refractivity contribution in [2.45, 2.75) is 162 Å². The first-order valence-electron chi connectivity index (χ1n) is 20.7. The number of esters is 2. The third kappa shape index (κ3) is 22.6. The Labute approximate surface area is 307 Å². The van der Waals surface area contributed by atoms with Gasteiger partial charge < -0.3 is 14.4 Å². The van der Waals surface area contributed by atoms with Gasteiger partial charge in [0.2, 0.25) is 0 Å². The van der Waals surface area contributed by atoms with Crippen molar-refractivity contribution in [2.75, 3.05) is 65.3 Å². The Bertz CT molecular complexity index is 923. The summed E-state index contributed by atoms with van der Waals surface area (Å²) in [5.41, 5.74) is 2.37. The molecule has 0 atom stereocenters. The molecule has 1 aliphatic rings. The van der Waals surface area contributed by atoms with E-state index in [9.17, 15) is 9.59 Å². The number of ether oxygens (including phenoxy) is 2. The molecular weight excluding hydrogens is 624 g/mol. The first-order valence-corrected chi connectivity index (χ1v) is 20.7. The van der Waals surface area contributed by atoms with Gasteiger partial charge in [0.15, 0.2) is 0 Å². The minimum atomic E-state index is -0.150. The van der Waals surface area contributed by atoms with E-state index in [1.54, 1.807) is 0 Å². The molecule has 1 heterocycles. The van der Waals surface area contributed by atoms with Crippen molar-refractivity contribution in [3.8, 4) is 0 Å². The van der Waals surface area contributed by atoms with Gasteiger partial charge in [-0.25, -0.2) is 0 Å². The van der Waals surface area contributed by atoms with Gasteiger partial charge in [0.05, 0.1) is 46.1 Å². The zero-order valence-electron chi connectivity index (χ0n) is 32.9. The molecule has 1 fully saturated rings. The van der Waals surface area contributed by atoms with Crippen LogP contribution in [0.1, 0.15) is 161 Å². The molecule has 0 radical (unpaired) electrons. The molecule has 8 nitrogen and oxygen atoms in total. The van der Waals surface area contributed by atoms with Gasteiger partial charge in [-0.05, 0) is 44.6 Å². The van der Waals surface area contributed by atoms with Crippen molar-refractivity contribution in [3.05, 3.63) is 29.8 Å². The van der Waals surface area contributed by atoms with Crippen LogP contribution in [0.5, 0.6) is 0 Å². The SMILES string of the molecule is CCCCCCCCCCCCOC(=O)CCN(CCC(=O)OCCCCCCCCCCCC)Cc1ccc(N2CN(C)CN(C)C2)cc1. The highest BCUT2D eigenvalue weighted by molar-refractivity contribution is 5.70. The Hall–Kier alpha value is -2.16. The van der Waals surface area contributed by atoms with E-state index in [-0.39, 0.29) is 11.9 Å². The van der Waals surface area contributed by atoms with Crippen LogP contribution in [0.25, 0.3) is 0 Å². The third-order valence-electron chi connectivity index (χ3n) is 9.80. The van der Waals surface area contributed by atoms with Crippen LogP contribution < -0.4 is 4.90 Å². The van der Waals surface area contributed by atoms with E-state index >= 15 is 0 Å². The van der Waals surface area contributed by atoms with Crippen molar-refractivity contribution >= 4 is 17.6 Å². The first kappa shape index (κ1) is 44.0. The number of nitrogens with zero attached hydrogens (tertiary/aromatic N) is 4. The molecule has 8 heteroatoms. The molecule has 0 amide bonds. The average Bonchev–Trinajstić information content (AvgIpc) is 3.10. The molecule has 0 aromatic heterocycles. The molecule has 0 N–H and O–H groups in total. The normalized spacial score (nSPS) is 14.1. The summed E-state index contributed by atoms with van der Waals surface area (Å²) in [5, 5.41) is 0. The minimum Gasteiger partial charge on any atom is -0.466 e. The zero-order valence-corrected chi connectivity index (χ0v) is 32.9. The summed E-state index contributed by atoms with van der Waals surface area (Å²) in [4.78, 5) is 34.4. The van der Waals surface area contributed by atoms with Gasteiger partial charge >= 0.3 is 11.9 Å². The van der Waals surface area contributed by atoms with Crippen LogP contribution in [0.15, 0.2) is 24.3 Å². The second-order valence-corrected chi connectivity index (χ2v) is 14.9. The monoisotopic (exact) mass is 701 g/mol. The first-order chi connectivity index (χ1) is 24.4. The van der Waals surface area contributed by atoms with Gasteiger partial charge in [-0.1, -0.05) is 142 Å². The average molecular weight is 701 g/mol. The number of unbranched alkanes of at least 4 members (excludes halogenated alkanes) is 18. The Morgan fingerprint density at radius 2 is 0.940 bits per heavy atom. The third-order valence-corrected chi connectivity index (χ3v) is 9.80. The summed E-state index contributed by atoms with van der Waals surface area (Å²) in [6, 6.07) is 8.71. The Morgan fingerprint density at radius 1 is 0.560 bits per heavy atom. The van der Waals surface area contributed by atoms with E-state index in [2.05, 4.69) is 71.8 Å². The summed E-state index contributed by atoms with van der Waals surface area (Å²) < 4.78 is 11.2. The van der Waals surface area contributed by atoms with E-state index in [1.807, 2.05) is 0 Å². The number of anilines is 1. The lowest BCUT2D eigenvalue weighted by Crippen LogP contribution is -2.52. The van der Waals surface area contributed by atoms with Crippen LogP contribution in [0, 0.1) is 0 Å². The van der Waals surface area contributed by atoms with E-state index in [1.165, 1.54) is 114 Å². The fourth-order valence-electron chi connectivity index (χ4n) is 6.83. The fraction of sp³-hybridized carbons (Fsp3) is 0.810. The van der Waals surface area contributed by atoms with Crippen LogP contribution in [0.2, 0.25) is 0 Å². The predicted molar refractivity (Wildman–Crippen MR) is 209 cm³/mol. The lowest BCUT2D eigenvalue weighted by atomic mass is 10.1. The number of hydrogen-bond donors (Lipinski definition) is 0. The fourth-order valence-corrected chi connectivity index (χ4v) is 6.83. The molecule has 0 saturated carbocycles. The summed E-state index contributed by atoms with van der Waals surface area (Å²) in [7, 11) is 4.28. The summed E-state index contributed by atoms with van der Waals surface area (Å²) in [5.74, 6) is -0.300. The Balaban J connectivity index is 1.72. The van der Waals surface area contributed by atoms with Gasteiger partial charge in [-0.15, -0.1) is 0 Å². The molecule has 0 bridgehead atoms. The van der Waals surface area contributed by atoms with Gasteiger partial charge in [0, 0.05) is 25.3 Å². The molecule has 50 heavy (non-hydrogen) atoms. The summed E-state index contributed by atoms with van der Waals surface area (Å²) >= 11 is 0. The molecule has 2 rings (SSSR count). The molecule has 1 aromatic rings. The Kier molecular flexibility index (Phi) is 25.9. The molecule has 288 valence electrons. The highest BCUT2D eigenvalue weighted by Crippen LogP contribution is 2.20. The number of rotatable bonds is 31. The van der Waals surface area contributed by atoms with Crippen molar-refractivity contribution < 1.29 is 19.1 Å². The van der Waals surface area contributed by atoms with Crippen molar-refractivity contribution in [1.82, 2.24) is 14.7 Å². The Morgan fingerprint density at radius 3 is 1.34 bits per heavy atom.